The highest BCUT2D eigenvalue weighted by Crippen LogP contribution is 2.34. The molecule has 1 atom stereocenters. The van der Waals surface area contributed by atoms with Crippen LogP contribution >= 0.6 is 11.8 Å². The van der Waals surface area contributed by atoms with E-state index in [1.807, 2.05) is 48.2 Å². The Morgan fingerprint density at radius 1 is 1.10 bits per heavy atom. The molecule has 1 aliphatic rings. The van der Waals surface area contributed by atoms with Gasteiger partial charge in [0, 0.05) is 15.8 Å². The van der Waals surface area contributed by atoms with Crippen LogP contribution in [-0.2, 0) is 0 Å². The zero-order valence-corrected chi connectivity index (χ0v) is 17.9. The van der Waals surface area contributed by atoms with E-state index in [2.05, 4.69) is 17.0 Å². The fraction of sp³-hybridized carbons (Fsp3) is 0.417. The Balaban J connectivity index is 1.43. The molecule has 1 fully saturated rings. The van der Waals surface area contributed by atoms with Gasteiger partial charge in [-0.25, -0.2) is 0 Å². The molecule has 3 aromatic rings. The first-order valence-electron chi connectivity index (χ1n) is 10.5. The summed E-state index contributed by atoms with van der Waals surface area (Å²) in [4.78, 5) is 3.83. The molecule has 0 bridgehead atoms. The first-order valence-corrected chi connectivity index (χ1v) is 11.5. The smallest absolute Gasteiger partial charge is 0.134 e. The van der Waals surface area contributed by atoms with Crippen LogP contribution in [0.3, 0.4) is 0 Å². The van der Waals surface area contributed by atoms with Gasteiger partial charge in [-0.15, -0.1) is 11.8 Å². The van der Waals surface area contributed by atoms with E-state index in [1.165, 1.54) is 50.2 Å². The number of nitrogens with two attached hydrogens (primary N) is 1. The van der Waals surface area contributed by atoms with Crippen LogP contribution in [0.2, 0.25) is 0 Å². The molecule has 1 aromatic heterocycles. The molecule has 154 valence electrons. The third-order valence-electron chi connectivity index (χ3n) is 5.62. The van der Waals surface area contributed by atoms with Crippen molar-refractivity contribution in [2.24, 2.45) is 5.73 Å². The molecule has 5 heteroatoms. The number of piperidine rings is 1. The maximum atomic E-state index is 6.59. The lowest BCUT2D eigenvalue weighted by Gasteiger charge is -2.26. The Hall–Kier alpha value is -1.95. The second-order valence-electron chi connectivity index (χ2n) is 7.67. The molecule has 1 unspecified atom stereocenters. The second kappa shape index (κ2) is 9.70. The van der Waals surface area contributed by atoms with Crippen LogP contribution in [0.15, 0.2) is 57.8 Å². The lowest BCUT2D eigenvalue weighted by molar-refractivity contribution is 0.230. The number of hydrogen-bond acceptors (Lipinski definition) is 5. The van der Waals surface area contributed by atoms with E-state index >= 15 is 0 Å². The van der Waals surface area contributed by atoms with Crippen molar-refractivity contribution in [3.63, 3.8) is 0 Å². The quantitative estimate of drug-likeness (QED) is 0.395. The molecular formula is C24H30N2O2S. The number of hydrogen-bond donors (Lipinski definition) is 1. The SMILES string of the molecule is COc1ccc(SCCCN2CCCCC2)cc1C(N)c1cc2ccccc2o1. The number of benzene rings is 2. The predicted molar refractivity (Wildman–Crippen MR) is 121 cm³/mol. The molecule has 29 heavy (non-hydrogen) atoms. The van der Waals surface area contributed by atoms with Crippen LogP contribution in [0, 0.1) is 0 Å². The summed E-state index contributed by atoms with van der Waals surface area (Å²) in [6.07, 6.45) is 5.32. The fourth-order valence-electron chi connectivity index (χ4n) is 4.02. The number of para-hydroxylation sites is 1. The third kappa shape index (κ3) is 4.97. The van der Waals surface area contributed by atoms with Gasteiger partial charge in [-0.05, 0) is 75.0 Å². The number of likely N-dealkylation sites (tertiary alicyclic amines) is 1. The maximum Gasteiger partial charge on any atom is 0.134 e. The highest BCUT2D eigenvalue weighted by Gasteiger charge is 2.19. The summed E-state index contributed by atoms with van der Waals surface area (Å²) < 4.78 is 11.6. The minimum Gasteiger partial charge on any atom is -0.496 e. The van der Waals surface area contributed by atoms with E-state index in [0.717, 1.165) is 33.8 Å². The van der Waals surface area contributed by atoms with Gasteiger partial charge < -0.3 is 19.8 Å². The Bertz CT molecular complexity index is 901. The highest BCUT2D eigenvalue weighted by atomic mass is 32.2. The number of furan rings is 1. The van der Waals surface area contributed by atoms with E-state index < -0.39 is 0 Å². The minimum absolute atomic E-state index is 0.355. The Kier molecular flexibility index (Phi) is 6.80. The van der Waals surface area contributed by atoms with Crippen LogP contribution in [0.1, 0.15) is 43.0 Å². The van der Waals surface area contributed by atoms with Crippen molar-refractivity contribution in [2.75, 3.05) is 32.5 Å². The van der Waals surface area contributed by atoms with Gasteiger partial charge in [-0.2, -0.15) is 0 Å². The first kappa shape index (κ1) is 20.3. The number of rotatable bonds is 8. The average Bonchev–Trinajstić information content (AvgIpc) is 3.21. The van der Waals surface area contributed by atoms with Crippen LogP contribution in [0.25, 0.3) is 11.0 Å². The standard InChI is InChI=1S/C24H30N2O2S/c1-27-22-11-10-19(29-15-7-14-26-12-5-2-6-13-26)17-20(22)24(25)23-16-18-8-3-4-9-21(18)28-23/h3-4,8-11,16-17,24H,2,5-7,12-15,25H2,1H3. The second-order valence-corrected chi connectivity index (χ2v) is 8.84. The molecule has 2 N–H and O–H groups in total. The lowest BCUT2D eigenvalue weighted by atomic mass is 10.0. The van der Waals surface area contributed by atoms with Crippen molar-refractivity contribution in [1.29, 1.82) is 0 Å². The minimum atomic E-state index is -0.355. The molecule has 1 aliphatic heterocycles. The lowest BCUT2D eigenvalue weighted by Crippen LogP contribution is -2.30. The summed E-state index contributed by atoms with van der Waals surface area (Å²) in [5.74, 6) is 2.68. The van der Waals surface area contributed by atoms with Crippen molar-refractivity contribution < 1.29 is 9.15 Å². The van der Waals surface area contributed by atoms with E-state index in [1.54, 1.807) is 7.11 Å². The molecule has 0 spiro atoms. The number of nitrogens with zero attached hydrogens (tertiary/aromatic N) is 1. The van der Waals surface area contributed by atoms with E-state index in [0.29, 0.717) is 0 Å². The predicted octanol–water partition coefficient (Wildman–Crippen LogP) is 5.46. The molecule has 0 saturated carbocycles. The summed E-state index contributed by atoms with van der Waals surface area (Å²) in [7, 11) is 1.69. The number of fused-ring (bicyclic) bond motifs is 1. The molecule has 1 saturated heterocycles. The van der Waals surface area contributed by atoms with Gasteiger partial charge in [0.15, 0.2) is 0 Å². The maximum absolute atomic E-state index is 6.59. The van der Waals surface area contributed by atoms with Crippen molar-refractivity contribution in [1.82, 2.24) is 4.90 Å². The summed E-state index contributed by atoms with van der Waals surface area (Å²) in [6, 6.07) is 16.0. The fourth-order valence-corrected chi connectivity index (χ4v) is 4.90. The molecule has 4 rings (SSSR count). The molecule has 0 radical (unpaired) electrons. The van der Waals surface area contributed by atoms with Crippen molar-refractivity contribution in [3.05, 3.63) is 59.9 Å². The normalized spacial score (nSPS) is 16.2. The molecule has 0 aliphatic carbocycles. The average molecular weight is 411 g/mol. The summed E-state index contributed by atoms with van der Waals surface area (Å²) in [5.41, 5.74) is 8.41. The van der Waals surface area contributed by atoms with Crippen LogP contribution in [0.5, 0.6) is 5.75 Å². The topological polar surface area (TPSA) is 51.6 Å². The van der Waals surface area contributed by atoms with Gasteiger partial charge in [-0.3, -0.25) is 0 Å². The molecule has 2 heterocycles. The van der Waals surface area contributed by atoms with Crippen LogP contribution < -0.4 is 10.5 Å². The summed E-state index contributed by atoms with van der Waals surface area (Å²) >= 11 is 1.89. The number of thioether (sulfide) groups is 1. The van der Waals surface area contributed by atoms with Crippen molar-refractivity contribution in [2.45, 2.75) is 36.6 Å². The van der Waals surface area contributed by atoms with Gasteiger partial charge >= 0.3 is 0 Å². The van der Waals surface area contributed by atoms with Gasteiger partial charge in [0.25, 0.3) is 0 Å². The largest absolute Gasteiger partial charge is 0.496 e. The summed E-state index contributed by atoms with van der Waals surface area (Å²) in [5, 5.41) is 1.07. The molecule has 0 amide bonds. The number of ether oxygens (including phenoxy) is 1. The number of methoxy groups -OCH3 is 1. The van der Waals surface area contributed by atoms with Crippen LogP contribution in [0.4, 0.5) is 0 Å². The monoisotopic (exact) mass is 410 g/mol. The van der Waals surface area contributed by atoms with Gasteiger partial charge in [0.2, 0.25) is 0 Å². The highest BCUT2D eigenvalue weighted by molar-refractivity contribution is 7.99. The Morgan fingerprint density at radius 2 is 1.93 bits per heavy atom. The zero-order chi connectivity index (χ0) is 20.1. The van der Waals surface area contributed by atoms with Gasteiger partial charge in [0.1, 0.15) is 17.1 Å². The third-order valence-corrected chi connectivity index (χ3v) is 6.70. The van der Waals surface area contributed by atoms with E-state index in [9.17, 15) is 0 Å². The molecule has 4 nitrogen and oxygen atoms in total. The van der Waals surface area contributed by atoms with Crippen molar-refractivity contribution >= 4 is 22.7 Å². The van der Waals surface area contributed by atoms with Gasteiger partial charge in [0.05, 0.1) is 13.2 Å². The summed E-state index contributed by atoms with van der Waals surface area (Å²) in [6.45, 7) is 3.74. The molecular weight excluding hydrogens is 380 g/mol. The Labute approximate surface area is 177 Å². The zero-order valence-electron chi connectivity index (χ0n) is 17.1. The van der Waals surface area contributed by atoms with Crippen LogP contribution in [-0.4, -0.2) is 37.4 Å². The van der Waals surface area contributed by atoms with Crippen molar-refractivity contribution in [3.8, 4) is 5.75 Å². The van der Waals surface area contributed by atoms with E-state index in [4.69, 9.17) is 14.9 Å². The van der Waals surface area contributed by atoms with E-state index in [-0.39, 0.29) is 6.04 Å². The first-order chi connectivity index (χ1) is 14.2. The van der Waals surface area contributed by atoms with Gasteiger partial charge in [-0.1, -0.05) is 24.6 Å². The Morgan fingerprint density at radius 3 is 2.72 bits per heavy atom. The molecule has 2 aromatic carbocycles.